The Bertz CT molecular complexity index is 457. The topological polar surface area (TPSA) is 0 Å². The summed E-state index contributed by atoms with van der Waals surface area (Å²) in [6.07, 6.45) is 62.5. The summed E-state index contributed by atoms with van der Waals surface area (Å²) in [6.45, 7) is 4.62. The fraction of sp³-hybridized carbons (Fsp3) is 1.00. The van der Waals surface area contributed by atoms with E-state index in [4.69, 9.17) is 0 Å². The molecule has 0 saturated carbocycles. The van der Waals surface area contributed by atoms with Gasteiger partial charge in [0.2, 0.25) is 0 Å². The molecule has 0 unspecified atom stereocenters. The highest BCUT2D eigenvalue weighted by Crippen LogP contribution is 2.17. The molecule has 0 saturated heterocycles. The second kappa shape index (κ2) is 46.2. The summed E-state index contributed by atoms with van der Waals surface area (Å²) >= 11 is 0. The van der Waals surface area contributed by atoms with Crippen molar-refractivity contribution in [2.75, 3.05) is 0 Å². The van der Waals surface area contributed by atoms with Gasteiger partial charge in [-0.25, -0.2) is 0 Å². The number of hydrogen-bond acceptors (Lipinski definition) is 0. The van der Waals surface area contributed by atoms with Crippen LogP contribution >= 0.6 is 0 Å². The van der Waals surface area contributed by atoms with Crippen LogP contribution in [0.5, 0.6) is 0 Å². The largest absolute Gasteiger partial charge is 0.0654 e. The lowest BCUT2D eigenvalue weighted by Crippen LogP contribution is -1.90. The summed E-state index contributed by atoms with van der Waals surface area (Å²) in [6, 6.07) is 3.05. The van der Waals surface area contributed by atoms with E-state index >= 15 is 0 Å². The highest BCUT2D eigenvalue weighted by Gasteiger charge is 1.98. The maximum atomic E-state index is 2.31. The van der Waals surface area contributed by atoms with Crippen molar-refractivity contribution in [2.45, 2.75) is 296 Å². The van der Waals surface area contributed by atoms with E-state index in [1.807, 2.05) is 0 Å². The van der Waals surface area contributed by atoms with E-state index in [2.05, 4.69) is 13.8 Å². The third-order valence-electron chi connectivity index (χ3n) is 10.9. The average Bonchev–Trinajstić information content (AvgIpc) is 3.08. The van der Waals surface area contributed by atoms with Crippen molar-refractivity contribution < 1.29 is 0 Å². The minimum atomic E-state index is 1.25. The molecule has 282 valence electrons. The van der Waals surface area contributed by atoms with Crippen molar-refractivity contribution in [3.63, 3.8) is 0 Å². The lowest BCUT2D eigenvalue weighted by Gasteiger charge is -2.05. The first-order valence-electron chi connectivity index (χ1n) is 23.1. The Morgan fingerprint density at radius 2 is 0.298 bits per heavy atom. The van der Waals surface area contributed by atoms with Gasteiger partial charge in [0.25, 0.3) is 0 Å². The molecule has 47 heavy (non-hydrogen) atoms. The zero-order valence-electron chi connectivity index (χ0n) is 33.6. The molecule has 0 aromatic rings. The van der Waals surface area contributed by atoms with Gasteiger partial charge >= 0.3 is 0 Å². The Balaban J connectivity index is 3.03. The van der Waals surface area contributed by atoms with Gasteiger partial charge in [0.1, 0.15) is 0 Å². The van der Waals surface area contributed by atoms with Crippen LogP contribution in [0, 0.1) is 0 Å². The summed E-state index contributed by atoms with van der Waals surface area (Å²) in [5, 5.41) is 0. The van der Waals surface area contributed by atoms with Gasteiger partial charge in [-0.1, -0.05) is 296 Å². The van der Waals surface area contributed by atoms with Gasteiger partial charge in [0, 0.05) is 9.52 Å². The Morgan fingerprint density at radius 1 is 0.170 bits per heavy atom. The van der Waals surface area contributed by atoms with Crippen molar-refractivity contribution in [1.82, 2.24) is 0 Å². The van der Waals surface area contributed by atoms with Crippen LogP contribution in [-0.4, -0.2) is 9.52 Å². The maximum absolute atomic E-state index is 2.31. The van der Waals surface area contributed by atoms with E-state index in [1.54, 1.807) is 0 Å². The molecule has 0 bridgehead atoms. The third-order valence-corrected chi connectivity index (χ3v) is 12.3. The van der Waals surface area contributed by atoms with Crippen molar-refractivity contribution in [3.05, 3.63) is 0 Å². The molecule has 0 rings (SSSR count). The van der Waals surface area contributed by atoms with Crippen molar-refractivity contribution in [1.29, 1.82) is 0 Å². The normalized spacial score (nSPS) is 11.6. The van der Waals surface area contributed by atoms with Gasteiger partial charge in [-0.05, 0) is 0 Å². The van der Waals surface area contributed by atoms with Gasteiger partial charge in [-0.3, -0.25) is 0 Å². The molecule has 0 nitrogen and oxygen atoms in total. The molecule has 0 aromatic carbocycles. The lowest BCUT2D eigenvalue weighted by molar-refractivity contribution is 0.521. The molecule has 0 atom stereocenters. The zero-order valence-corrected chi connectivity index (χ0v) is 34.6. The molecule has 0 spiro atoms. The molecule has 2 radical (unpaired) electrons. The van der Waals surface area contributed by atoms with Crippen LogP contribution in [0.15, 0.2) is 0 Å². The standard InChI is InChI=1S/C46H94Si/c1-3-5-7-9-11-13-15-17-19-21-23-25-27-29-31-33-35-37-39-41-43-45-47-46-44-42-40-38-36-34-32-30-28-26-24-22-20-18-16-14-12-10-8-6-4-2/h3-46H2,1-2H3. The molecule has 0 aliphatic rings. The molecular weight excluding hydrogens is 581 g/mol. The maximum Gasteiger partial charge on any atom is 0.0378 e. The average molecular weight is 675 g/mol. The second-order valence-electron chi connectivity index (χ2n) is 15.9. The van der Waals surface area contributed by atoms with E-state index in [1.165, 1.54) is 291 Å². The lowest BCUT2D eigenvalue weighted by atomic mass is 10.0. The van der Waals surface area contributed by atoms with Crippen molar-refractivity contribution >= 4 is 9.52 Å². The third kappa shape index (κ3) is 46.2. The van der Waals surface area contributed by atoms with E-state index in [0.717, 1.165) is 0 Å². The van der Waals surface area contributed by atoms with E-state index < -0.39 is 0 Å². The Hall–Kier alpha value is 0.217. The highest BCUT2D eigenvalue weighted by atomic mass is 28.2. The fourth-order valence-electron chi connectivity index (χ4n) is 7.49. The minimum absolute atomic E-state index is 1.25. The summed E-state index contributed by atoms with van der Waals surface area (Å²) in [5.74, 6) is 0. The van der Waals surface area contributed by atoms with Crippen LogP contribution in [-0.2, 0) is 0 Å². The van der Waals surface area contributed by atoms with Crippen LogP contribution in [0.1, 0.15) is 284 Å². The van der Waals surface area contributed by atoms with Crippen LogP contribution in [0.4, 0.5) is 0 Å². The zero-order chi connectivity index (χ0) is 33.8. The summed E-state index contributed by atoms with van der Waals surface area (Å²) in [7, 11) is 1.25. The molecule has 0 N–H and O–H groups in total. The van der Waals surface area contributed by atoms with Crippen molar-refractivity contribution in [2.24, 2.45) is 0 Å². The van der Waals surface area contributed by atoms with Gasteiger partial charge in [-0.15, -0.1) is 0 Å². The van der Waals surface area contributed by atoms with Gasteiger partial charge in [-0.2, -0.15) is 0 Å². The first kappa shape index (κ1) is 47.2. The molecular formula is C46H94Si. The molecule has 0 aliphatic heterocycles. The SMILES string of the molecule is CCCCCCCCCCCCCCCCCCCCCCC[Si]CCCCCCCCCCCCCCCCCCCCCCC. The monoisotopic (exact) mass is 675 g/mol. The fourth-order valence-corrected chi connectivity index (χ4v) is 8.74. The predicted octanol–water partition coefficient (Wildman–Crippen LogP) is 18.0. The molecule has 0 heterocycles. The van der Waals surface area contributed by atoms with Gasteiger partial charge < -0.3 is 0 Å². The first-order chi connectivity index (χ1) is 23.4. The Labute approximate surface area is 304 Å². The number of rotatable bonds is 44. The van der Waals surface area contributed by atoms with Crippen LogP contribution in [0.3, 0.4) is 0 Å². The van der Waals surface area contributed by atoms with Crippen LogP contribution in [0.25, 0.3) is 0 Å². The second-order valence-corrected chi connectivity index (χ2v) is 17.4. The van der Waals surface area contributed by atoms with E-state index in [-0.39, 0.29) is 0 Å². The number of unbranched alkanes of at least 4 members (excludes halogenated alkanes) is 40. The Morgan fingerprint density at radius 3 is 0.447 bits per heavy atom. The van der Waals surface area contributed by atoms with Crippen molar-refractivity contribution in [3.8, 4) is 0 Å². The Kier molecular flexibility index (Phi) is 46.4. The van der Waals surface area contributed by atoms with Crippen LogP contribution < -0.4 is 0 Å². The van der Waals surface area contributed by atoms with E-state index in [0.29, 0.717) is 0 Å². The summed E-state index contributed by atoms with van der Waals surface area (Å²) < 4.78 is 0. The molecule has 0 aromatic heterocycles. The van der Waals surface area contributed by atoms with E-state index in [9.17, 15) is 0 Å². The predicted molar refractivity (Wildman–Crippen MR) is 221 cm³/mol. The smallest absolute Gasteiger partial charge is 0.0378 e. The summed E-state index contributed by atoms with van der Waals surface area (Å²) in [5.41, 5.74) is 0. The highest BCUT2D eigenvalue weighted by molar-refractivity contribution is 6.35. The molecule has 0 fully saturated rings. The number of hydrogen-bond donors (Lipinski definition) is 0. The molecule has 1 heteroatoms. The molecule has 0 aliphatic carbocycles. The first-order valence-corrected chi connectivity index (χ1v) is 24.5. The summed E-state index contributed by atoms with van der Waals surface area (Å²) in [4.78, 5) is 0. The molecule has 0 amide bonds. The minimum Gasteiger partial charge on any atom is -0.0654 e. The van der Waals surface area contributed by atoms with Gasteiger partial charge in [0.05, 0.1) is 0 Å². The quantitative estimate of drug-likeness (QED) is 0.0446. The van der Waals surface area contributed by atoms with Gasteiger partial charge in [0.15, 0.2) is 0 Å². The van der Waals surface area contributed by atoms with Crippen LogP contribution in [0.2, 0.25) is 12.1 Å².